The van der Waals surface area contributed by atoms with E-state index in [-0.39, 0.29) is 17.2 Å². The van der Waals surface area contributed by atoms with Crippen LogP contribution in [0, 0.1) is 0 Å². The fraction of sp³-hybridized carbons (Fsp3) is 0.0625. The first-order chi connectivity index (χ1) is 21.4. The van der Waals surface area contributed by atoms with Crippen LogP contribution in [0.3, 0.4) is 0 Å². The Labute approximate surface area is 251 Å². The number of rotatable bonds is 10. The first-order valence-electron chi connectivity index (χ1n) is 12.9. The highest BCUT2D eigenvalue weighted by Gasteiger charge is 2.15. The third kappa shape index (κ3) is 8.36. The zero-order chi connectivity index (χ0) is 31.3. The van der Waals surface area contributed by atoms with E-state index in [1.807, 2.05) is 0 Å². The van der Waals surface area contributed by atoms with E-state index in [1.54, 1.807) is 78.9 Å². The van der Waals surface area contributed by atoms with Gasteiger partial charge in [0, 0.05) is 0 Å². The zero-order valence-corrected chi connectivity index (χ0v) is 23.6. The molecule has 0 spiro atoms. The Hall–Kier alpha value is -6.30. The van der Waals surface area contributed by atoms with Gasteiger partial charge in [0.2, 0.25) is 0 Å². The van der Waals surface area contributed by atoms with Crippen molar-refractivity contribution in [3.63, 3.8) is 0 Å². The fourth-order valence-electron chi connectivity index (χ4n) is 3.60. The van der Waals surface area contributed by atoms with Gasteiger partial charge < -0.3 is 18.9 Å². The average molecular weight is 595 g/mol. The first-order valence-corrected chi connectivity index (χ1v) is 12.9. The minimum absolute atomic E-state index is 0.141. The van der Waals surface area contributed by atoms with Crippen molar-refractivity contribution < 1.29 is 38.1 Å². The zero-order valence-electron chi connectivity index (χ0n) is 23.6. The summed E-state index contributed by atoms with van der Waals surface area (Å²) in [6.45, 7) is 0. The fourth-order valence-corrected chi connectivity index (χ4v) is 3.60. The first kappa shape index (κ1) is 30.7. The molecule has 0 saturated carbocycles. The van der Waals surface area contributed by atoms with Crippen LogP contribution in [0.1, 0.15) is 31.8 Å². The summed E-state index contributed by atoms with van der Waals surface area (Å²) in [5.74, 6) is -2.38. The molecule has 2 amide bonds. The molecule has 12 nitrogen and oxygen atoms in total. The number of hydrazone groups is 2. The van der Waals surface area contributed by atoms with Crippen LogP contribution in [0.5, 0.6) is 23.0 Å². The Kier molecular flexibility index (Phi) is 10.5. The highest BCUT2D eigenvalue weighted by molar-refractivity contribution is 6.35. The van der Waals surface area contributed by atoms with E-state index >= 15 is 0 Å². The van der Waals surface area contributed by atoms with Gasteiger partial charge in [0.15, 0.2) is 23.0 Å². The van der Waals surface area contributed by atoms with Gasteiger partial charge >= 0.3 is 23.8 Å². The molecule has 0 heterocycles. The normalized spacial score (nSPS) is 10.7. The summed E-state index contributed by atoms with van der Waals surface area (Å²) >= 11 is 0. The standard InChI is InChI=1S/C32H26N4O8/c1-41-25-15-13-22(18-28(25)44-32(40)24-11-7-4-8-12-24)20-34-36-30(38)29(37)35-33-19-21-14-16-26(27(17-21)42-2)43-31(39)23-9-5-3-6-10-23/h3-20H,1-2H3,(H,35,37)(H,36,38)/b33-19+,34-20+. The van der Waals surface area contributed by atoms with Gasteiger partial charge in [-0.05, 0) is 71.8 Å². The maximum absolute atomic E-state index is 12.4. The minimum atomic E-state index is -1.08. The summed E-state index contributed by atoms with van der Waals surface area (Å²) in [6.07, 6.45) is 2.53. The number of amides is 2. The van der Waals surface area contributed by atoms with Gasteiger partial charge in [-0.3, -0.25) is 9.59 Å². The SMILES string of the molecule is COc1cc(/C=N/NC(=O)C(=O)N/N=C/c2ccc(OC)c(OC(=O)c3ccccc3)c2)ccc1OC(=O)c1ccccc1. The Morgan fingerprint density at radius 1 is 0.545 bits per heavy atom. The van der Waals surface area contributed by atoms with E-state index in [0.717, 1.165) is 0 Å². The molecule has 0 fully saturated rings. The largest absolute Gasteiger partial charge is 0.493 e. The average Bonchev–Trinajstić information content (AvgIpc) is 3.06. The Bertz CT molecular complexity index is 1710. The minimum Gasteiger partial charge on any atom is -0.493 e. The molecule has 4 rings (SSSR count). The molecule has 0 aliphatic rings. The van der Waals surface area contributed by atoms with Crippen molar-refractivity contribution >= 4 is 36.2 Å². The van der Waals surface area contributed by atoms with E-state index < -0.39 is 23.8 Å². The van der Waals surface area contributed by atoms with Crippen LogP contribution in [0.4, 0.5) is 0 Å². The maximum Gasteiger partial charge on any atom is 0.343 e. The van der Waals surface area contributed by atoms with Crippen molar-refractivity contribution in [3.05, 3.63) is 119 Å². The van der Waals surface area contributed by atoms with Gasteiger partial charge in [0.05, 0.1) is 37.8 Å². The molecular formula is C32H26N4O8. The van der Waals surface area contributed by atoms with Crippen molar-refractivity contribution in [2.24, 2.45) is 10.2 Å². The third-order valence-corrected chi connectivity index (χ3v) is 5.77. The number of esters is 2. The number of benzene rings is 4. The van der Waals surface area contributed by atoms with Crippen LogP contribution in [0.2, 0.25) is 0 Å². The van der Waals surface area contributed by atoms with Gasteiger partial charge in [0.1, 0.15) is 0 Å². The molecule has 2 N–H and O–H groups in total. The summed E-state index contributed by atoms with van der Waals surface area (Å²) in [6, 6.07) is 26.2. The van der Waals surface area contributed by atoms with Gasteiger partial charge in [0.25, 0.3) is 0 Å². The lowest BCUT2D eigenvalue weighted by molar-refractivity contribution is -0.139. The highest BCUT2D eigenvalue weighted by Crippen LogP contribution is 2.29. The molecule has 222 valence electrons. The Morgan fingerprint density at radius 2 is 0.977 bits per heavy atom. The van der Waals surface area contributed by atoms with Crippen LogP contribution in [0.15, 0.2) is 107 Å². The molecule has 0 aliphatic carbocycles. The third-order valence-electron chi connectivity index (χ3n) is 5.77. The molecule has 0 saturated heterocycles. The monoisotopic (exact) mass is 594 g/mol. The molecule has 0 aromatic heterocycles. The number of carbonyl (C=O) groups excluding carboxylic acids is 4. The molecule has 0 atom stereocenters. The molecule has 12 heteroatoms. The van der Waals surface area contributed by atoms with Crippen LogP contribution in [0.25, 0.3) is 0 Å². The summed E-state index contributed by atoms with van der Waals surface area (Å²) in [5, 5.41) is 7.53. The van der Waals surface area contributed by atoms with E-state index in [1.165, 1.54) is 44.8 Å². The number of hydrogen-bond donors (Lipinski definition) is 2. The van der Waals surface area contributed by atoms with Crippen molar-refractivity contribution in [1.82, 2.24) is 10.9 Å². The lowest BCUT2D eigenvalue weighted by atomic mass is 10.2. The van der Waals surface area contributed by atoms with E-state index in [0.29, 0.717) is 28.0 Å². The van der Waals surface area contributed by atoms with Gasteiger partial charge in [-0.1, -0.05) is 36.4 Å². The summed E-state index contributed by atoms with van der Waals surface area (Å²) in [5.41, 5.74) is 5.86. The number of methoxy groups -OCH3 is 2. The van der Waals surface area contributed by atoms with Gasteiger partial charge in [-0.25, -0.2) is 20.4 Å². The molecule has 0 aliphatic heterocycles. The molecular weight excluding hydrogens is 568 g/mol. The van der Waals surface area contributed by atoms with Crippen molar-refractivity contribution in [1.29, 1.82) is 0 Å². The van der Waals surface area contributed by atoms with Gasteiger partial charge in [-0.2, -0.15) is 10.2 Å². The summed E-state index contributed by atoms with van der Waals surface area (Å²) < 4.78 is 21.4. The summed E-state index contributed by atoms with van der Waals surface area (Å²) in [4.78, 5) is 49.1. The number of nitrogens with zero attached hydrogens (tertiary/aromatic N) is 2. The molecule has 4 aromatic carbocycles. The number of ether oxygens (including phenoxy) is 4. The van der Waals surface area contributed by atoms with Gasteiger partial charge in [-0.15, -0.1) is 0 Å². The predicted octanol–water partition coefficient (Wildman–Crippen LogP) is 3.74. The Balaban J connectivity index is 1.31. The van der Waals surface area contributed by atoms with Crippen LogP contribution >= 0.6 is 0 Å². The predicted molar refractivity (Wildman–Crippen MR) is 160 cm³/mol. The maximum atomic E-state index is 12.4. The number of carbonyl (C=O) groups is 4. The van der Waals surface area contributed by atoms with Crippen LogP contribution in [-0.4, -0.2) is 50.4 Å². The topological polar surface area (TPSA) is 154 Å². The van der Waals surface area contributed by atoms with E-state index in [2.05, 4.69) is 21.1 Å². The molecule has 0 unspecified atom stereocenters. The smallest absolute Gasteiger partial charge is 0.343 e. The molecule has 0 radical (unpaired) electrons. The second kappa shape index (κ2) is 15.1. The molecule has 0 bridgehead atoms. The van der Waals surface area contributed by atoms with E-state index in [9.17, 15) is 19.2 Å². The summed E-state index contributed by atoms with van der Waals surface area (Å²) in [7, 11) is 2.84. The number of nitrogens with one attached hydrogen (secondary N) is 2. The molecule has 44 heavy (non-hydrogen) atoms. The van der Waals surface area contributed by atoms with E-state index in [4.69, 9.17) is 18.9 Å². The lowest BCUT2D eigenvalue weighted by Crippen LogP contribution is -2.35. The quantitative estimate of drug-likeness (QED) is 0.0926. The second-order valence-electron chi connectivity index (χ2n) is 8.73. The molecule has 4 aromatic rings. The Morgan fingerprint density at radius 3 is 1.45 bits per heavy atom. The number of hydrogen-bond acceptors (Lipinski definition) is 10. The highest BCUT2D eigenvalue weighted by atomic mass is 16.6. The lowest BCUT2D eigenvalue weighted by Gasteiger charge is -2.10. The van der Waals surface area contributed by atoms with Crippen LogP contribution < -0.4 is 29.8 Å². The van der Waals surface area contributed by atoms with Crippen molar-refractivity contribution in [2.75, 3.05) is 14.2 Å². The second-order valence-corrected chi connectivity index (χ2v) is 8.73. The van der Waals surface area contributed by atoms with Crippen LogP contribution in [-0.2, 0) is 9.59 Å². The van der Waals surface area contributed by atoms with Crippen molar-refractivity contribution in [3.8, 4) is 23.0 Å². The van der Waals surface area contributed by atoms with Crippen molar-refractivity contribution in [2.45, 2.75) is 0 Å².